The van der Waals surface area contributed by atoms with Crippen LogP contribution in [0.1, 0.15) is 43.0 Å². The van der Waals surface area contributed by atoms with Crippen LogP contribution in [-0.2, 0) is 4.74 Å². The summed E-state index contributed by atoms with van der Waals surface area (Å²) in [5.74, 6) is 0.981. The van der Waals surface area contributed by atoms with Crippen LogP contribution in [0.3, 0.4) is 0 Å². The van der Waals surface area contributed by atoms with Crippen molar-refractivity contribution in [3.05, 3.63) is 29.8 Å². The zero-order valence-corrected chi connectivity index (χ0v) is 10.9. The lowest BCUT2D eigenvalue weighted by molar-refractivity contribution is 0.0775. The van der Waals surface area contributed by atoms with Crippen LogP contribution >= 0.6 is 0 Å². The monoisotopic (exact) mass is 248 g/mol. The number of benzene rings is 1. The van der Waals surface area contributed by atoms with Crippen molar-refractivity contribution in [2.24, 2.45) is 0 Å². The van der Waals surface area contributed by atoms with E-state index in [1.807, 2.05) is 24.3 Å². The van der Waals surface area contributed by atoms with Gasteiger partial charge in [0.15, 0.2) is 5.78 Å². The van der Waals surface area contributed by atoms with Gasteiger partial charge in [0, 0.05) is 18.6 Å². The second kappa shape index (κ2) is 6.55. The van der Waals surface area contributed by atoms with Crippen molar-refractivity contribution in [2.75, 3.05) is 13.2 Å². The maximum absolute atomic E-state index is 12.0. The van der Waals surface area contributed by atoms with E-state index in [0.717, 1.165) is 37.2 Å². The molecule has 2 rings (SSSR count). The Morgan fingerprint density at radius 3 is 2.78 bits per heavy atom. The molecule has 0 N–H and O–H groups in total. The number of carbonyl (C=O) groups excluding carboxylic acids is 1. The van der Waals surface area contributed by atoms with E-state index in [0.29, 0.717) is 13.0 Å². The lowest BCUT2D eigenvalue weighted by atomic mass is 10.0. The summed E-state index contributed by atoms with van der Waals surface area (Å²) < 4.78 is 11.0. The first-order chi connectivity index (χ1) is 8.79. The first kappa shape index (κ1) is 13.1. The fourth-order valence-corrected chi connectivity index (χ4v) is 2.09. The summed E-state index contributed by atoms with van der Waals surface area (Å²) in [4.78, 5) is 12.0. The molecule has 0 aromatic heterocycles. The molecule has 1 aromatic rings. The molecule has 98 valence electrons. The number of Topliss-reactive ketones (excluding diaryl/α,β-unsaturated/α-hetero) is 1. The van der Waals surface area contributed by atoms with Crippen molar-refractivity contribution < 1.29 is 14.3 Å². The topological polar surface area (TPSA) is 35.5 Å². The van der Waals surface area contributed by atoms with Crippen LogP contribution in [0.4, 0.5) is 0 Å². The van der Waals surface area contributed by atoms with Gasteiger partial charge in [0.05, 0.1) is 12.7 Å². The van der Waals surface area contributed by atoms with Crippen molar-refractivity contribution >= 4 is 5.78 Å². The highest BCUT2D eigenvalue weighted by Crippen LogP contribution is 2.19. The number of hydrogen-bond acceptors (Lipinski definition) is 3. The molecule has 1 aromatic carbocycles. The van der Waals surface area contributed by atoms with Crippen molar-refractivity contribution in [1.29, 1.82) is 0 Å². The van der Waals surface area contributed by atoms with E-state index in [9.17, 15) is 4.79 Å². The van der Waals surface area contributed by atoms with E-state index in [1.54, 1.807) is 0 Å². The van der Waals surface area contributed by atoms with Gasteiger partial charge in [0.25, 0.3) is 0 Å². The van der Waals surface area contributed by atoms with Crippen molar-refractivity contribution in [2.45, 2.75) is 38.7 Å². The third kappa shape index (κ3) is 3.57. The maximum atomic E-state index is 12.0. The number of ether oxygens (including phenoxy) is 2. The Hall–Kier alpha value is -1.35. The molecule has 1 aliphatic rings. The van der Waals surface area contributed by atoms with Crippen LogP contribution in [0.2, 0.25) is 0 Å². The second-order valence-corrected chi connectivity index (χ2v) is 4.64. The fraction of sp³-hybridized carbons (Fsp3) is 0.533. The number of ketones is 1. The standard InChI is InChI=1S/C15H20O3/c1-2-9-17-13-7-5-12(6-8-13)15(16)11-14-4-3-10-18-14/h5-8,14H,2-4,9-11H2,1H3. The van der Waals surface area contributed by atoms with Crippen molar-refractivity contribution in [3.8, 4) is 5.75 Å². The molecule has 0 saturated carbocycles. The molecule has 0 spiro atoms. The Labute approximate surface area is 108 Å². The molecule has 1 unspecified atom stereocenters. The Balaban J connectivity index is 1.89. The molecule has 0 amide bonds. The molecule has 18 heavy (non-hydrogen) atoms. The van der Waals surface area contributed by atoms with Gasteiger partial charge < -0.3 is 9.47 Å². The number of carbonyl (C=O) groups is 1. The SMILES string of the molecule is CCCOc1ccc(C(=O)CC2CCCO2)cc1. The molecule has 3 heteroatoms. The molecule has 0 aliphatic carbocycles. The van der Waals surface area contributed by atoms with Gasteiger partial charge in [-0.25, -0.2) is 0 Å². The largest absolute Gasteiger partial charge is 0.494 e. The van der Waals surface area contributed by atoms with Gasteiger partial charge in [0.1, 0.15) is 5.75 Å². The molecular weight excluding hydrogens is 228 g/mol. The predicted molar refractivity (Wildman–Crippen MR) is 70.1 cm³/mol. The molecule has 1 fully saturated rings. The third-order valence-electron chi connectivity index (χ3n) is 3.09. The van der Waals surface area contributed by atoms with Crippen LogP contribution in [-0.4, -0.2) is 25.1 Å². The minimum absolute atomic E-state index is 0.119. The second-order valence-electron chi connectivity index (χ2n) is 4.64. The average Bonchev–Trinajstić information content (AvgIpc) is 2.89. The van der Waals surface area contributed by atoms with Gasteiger partial charge in [-0.3, -0.25) is 4.79 Å². The zero-order chi connectivity index (χ0) is 12.8. The van der Waals surface area contributed by atoms with Gasteiger partial charge in [-0.05, 0) is 43.5 Å². The quantitative estimate of drug-likeness (QED) is 0.725. The van der Waals surface area contributed by atoms with E-state index in [4.69, 9.17) is 9.47 Å². The van der Waals surface area contributed by atoms with E-state index >= 15 is 0 Å². The van der Waals surface area contributed by atoms with Gasteiger partial charge in [-0.2, -0.15) is 0 Å². The molecule has 0 radical (unpaired) electrons. The molecule has 1 aliphatic heterocycles. The average molecular weight is 248 g/mol. The summed E-state index contributed by atoms with van der Waals surface area (Å²) in [6, 6.07) is 7.39. The highest BCUT2D eigenvalue weighted by Gasteiger charge is 2.19. The predicted octanol–water partition coefficient (Wildman–Crippen LogP) is 3.23. The normalized spacial score (nSPS) is 18.8. The first-order valence-electron chi connectivity index (χ1n) is 6.67. The summed E-state index contributed by atoms with van der Waals surface area (Å²) in [7, 11) is 0. The van der Waals surface area contributed by atoms with Gasteiger partial charge in [-0.15, -0.1) is 0 Å². The molecule has 1 atom stereocenters. The minimum Gasteiger partial charge on any atom is -0.494 e. The Bertz CT molecular complexity index is 377. The third-order valence-corrected chi connectivity index (χ3v) is 3.09. The highest BCUT2D eigenvalue weighted by molar-refractivity contribution is 5.96. The number of hydrogen-bond donors (Lipinski definition) is 0. The maximum Gasteiger partial charge on any atom is 0.165 e. The Kier molecular flexibility index (Phi) is 4.76. The molecule has 1 saturated heterocycles. The van der Waals surface area contributed by atoms with E-state index < -0.39 is 0 Å². The van der Waals surface area contributed by atoms with Gasteiger partial charge >= 0.3 is 0 Å². The van der Waals surface area contributed by atoms with E-state index in [2.05, 4.69) is 6.92 Å². The summed E-state index contributed by atoms with van der Waals surface area (Å²) in [6.07, 6.45) is 3.67. The lowest BCUT2D eigenvalue weighted by Gasteiger charge is -2.09. The molecule has 0 bridgehead atoms. The lowest BCUT2D eigenvalue weighted by Crippen LogP contribution is -2.12. The van der Waals surface area contributed by atoms with E-state index in [1.165, 1.54) is 0 Å². The fourth-order valence-electron chi connectivity index (χ4n) is 2.09. The minimum atomic E-state index is 0.119. The summed E-state index contributed by atoms with van der Waals surface area (Å²) in [5.41, 5.74) is 0.745. The van der Waals surface area contributed by atoms with Crippen LogP contribution in [0.5, 0.6) is 5.75 Å². The Morgan fingerprint density at radius 1 is 1.39 bits per heavy atom. The van der Waals surface area contributed by atoms with Crippen LogP contribution in [0.15, 0.2) is 24.3 Å². The molecular formula is C15H20O3. The van der Waals surface area contributed by atoms with Gasteiger partial charge in [-0.1, -0.05) is 6.92 Å². The molecule has 3 nitrogen and oxygen atoms in total. The van der Waals surface area contributed by atoms with Crippen LogP contribution < -0.4 is 4.74 Å². The first-order valence-corrected chi connectivity index (χ1v) is 6.67. The Morgan fingerprint density at radius 2 is 2.17 bits per heavy atom. The molecule has 1 heterocycles. The number of rotatable bonds is 6. The highest BCUT2D eigenvalue weighted by atomic mass is 16.5. The summed E-state index contributed by atoms with van der Waals surface area (Å²) >= 11 is 0. The zero-order valence-electron chi connectivity index (χ0n) is 10.9. The smallest absolute Gasteiger partial charge is 0.165 e. The van der Waals surface area contributed by atoms with Crippen LogP contribution in [0.25, 0.3) is 0 Å². The summed E-state index contributed by atoms with van der Waals surface area (Å²) in [5, 5.41) is 0. The van der Waals surface area contributed by atoms with Crippen molar-refractivity contribution in [3.63, 3.8) is 0 Å². The van der Waals surface area contributed by atoms with Crippen molar-refractivity contribution in [1.82, 2.24) is 0 Å². The summed E-state index contributed by atoms with van der Waals surface area (Å²) in [6.45, 7) is 3.57. The van der Waals surface area contributed by atoms with E-state index in [-0.39, 0.29) is 11.9 Å². The van der Waals surface area contributed by atoms with Gasteiger partial charge in [0.2, 0.25) is 0 Å². The van der Waals surface area contributed by atoms with Crippen LogP contribution in [0, 0.1) is 0 Å².